The van der Waals surface area contributed by atoms with Gasteiger partial charge in [-0.15, -0.1) is 0 Å². The molecule has 2 saturated heterocycles. The molecule has 0 spiro atoms. The molecule has 0 aromatic carbocycles. The van der Waals surface area contributed by atoms with Crippen molar-refractivity contribution >= 4 is 0 Å². The molecule has 4 atom stereocenters. The van der Waals surface area contributed by atoms with Crippen molar-refractivity contribution < 1.29 is 14.2 Å². The van der Waals surface area contributed by atoms with Crippen molar-refractivity contribution in [2.24, 2.45) is 0 Å². The molecule has 0 aliphatic carbocycles. The van der Waals surface area contributed by atoms with E-state index in [1.54, 1.807) is 0 Å². The minimum absolute atomic E-state index is 0.160. The van der Waals surface area contributed by atoms with Crippen LogP contribution in [0.5, 0.6) is 0 Å². The lowest BCUT2D eigenvalue weighted by molar-refractivity contribution is -0.150. The molecule has 0 radical (unpaired) electrons. The average Bonchev–Trinajstić information content (AvgIpc) is 2.48. The molecule has 15 heavy (non-hydrogen) atoms. The zero-order valence-corrected chi connectivity index (χ0v) is 8.93. The summed E-state index contributed by atoms with van der Waals surface area (Å²) in [7, 11) is 0. The molecule has 0 bridgehead atoms. The van der Waals surface area contributed by atoms with E-state index in [1.165, 1.54) is 0 Å². The van der Waals surface area contributed by atoms with Gasteiger partial charge in [0.15, 0.2) is 0 Å². The third kappa shape index (κ3) is 1.96. The second-order valence-electron chi connectivity index (χ2n) is 4.55. The van der Waals surface area contributed by atoms with Crippen LogP contribution in [-0.4, -0.2) is 37.6 Å². The Balaban J connectivity index is 1.76. The van der Waals surface area contributed by atoms with Gasteiger partial charge < -0.3 is 14.2 Å². The minimum Gasteiger partial charge on any atom is -0.371 e. The lowest BCUT2D eigenvalue weighted by Crippen LogP contribution is -2.40. The molecule has 0 aromatic heterocycles. The molecule has 0 amide bonds. The van der Waals surface area contributed by atoms with Crippen molar-refractivity contribution in [3.05, 3.63) is 12.2 Å². The summed E-state index contributed by atoms with van der Waals surface area (Å²) in [5.41, 5.74) is 0. The van der Waals surface area contributed by atoms with Crippen molar-refractivity contribution in [2.75, 3.05) is 13.2 Å². The topological polar surface area (TPSA) is 27.7 Å². The first-order chi connectivity index (χ1) is 7.43. The molecule has 3 heterocycles. The smallest absolute Gasteiger partial charge is 0.102 e. The predicted molar refractivity (Wildman–Crippen MR) is 55.7 cm³/mol. The minimum atomic E-state index is 0.160. The fraction of sp³-hybridized carbons (Fsp3) is 0.833. The van der Waals surface area contributed by atoms with E-state index in [2.05, 4.69) is 12.2 Å². The molecule has 3 heteroatoms. The quantitative estimate of drug-likeness (QED) is 0.569. The molecule has 3 aliphatic heterocycles. The Morgan fingerprint density at radius 2 is 1.33 bits per heavy atom. The first-order valence-corrected chi connectivity index (χ1v) is 6.00. The highest BCUT2D eigenvalue weighted by Gasteiger charge is 2.34. The van der Waals surface area contributed by atoms with Crippen LogP contribution in [0.2, 0.25) is 0 Å². The van der Waals surface area contributed by atoms with Crippen LogP contribution in [0.1, 0.15) is 25.7 Å². The third-order valence-electron chi connectivity index (χ3n) is 3.46. The van der Waals surface area contributed by atoms with E-state index in [0.29, 0.717) is 0 Å². The van der Waals surface area contributed by atoms with Gasteiger partial charge in [-0.2, -0.15) is 0 Å². The Hall–Kier alpha value is -0.380. The highest BCUT2D eigenvalue weighted by atomic mass is 16.6. The van der Waals surface area contributed by atoms with Crippen molar-refractivity contribution in [3.63, 3.8) is 0 Å². The molecule has 84 valence electrons. The number of hydrogen-bond acceptors (Lipinski definition) is 3. The van der Waals surface area contributed by atoms with Gasteiger partial charge in [0.1, 0.15) is 12.2 Å². The van der Waals surface area contributed by atoms with Crippen LogP contribution in [0, 0.1) is 0 Å². The molecule has 3 rings (SSSR count). The van der Waals surface area contributed by atoms with E-state index in [4.69, 9.17) is 14.2 Å². The first kappa shape index (κ1) is 9.82. The van der Waals surface area contributed by atoms with E-state index >= 15 is 0 Å². The van der Waals surface area contributed by atoms with Gasteiger partial charge in [-0.1, -0.05) is 12.2 Å². The standard InChI is InChI=1S/C12H18O3/c1-3-11-9(13-7-1)5-6-10-12(15-11)4-2-8-14-10/h5-6,9-12H,1-4,7-8H2/t9-,10-,11-,12+/m1/s1. The monoisotopic (exact) mass is 210 g/mol. The van der Waals surface area contributed by atoms with Gasteiger partial charge in [0.05, 0.1) is 12.2 Å². The third-order valence-corrected chi connectivity index (χ3v) is 3.46. The maximum Gasteiger partial charge on any atom is 0.102 e. The summed E-state index contributed by atoms with van der Waals surface area (Å²) >= 11 is 0. The molecule has 0 aromatic rings. The fourth-order valence-corrected chi connectivity index (χ4v) is 2.64. The van der Waals surface area contributed by atoms with E-state index in [-0.39, 0.29) is 24.4 Å². The van der Waals surface area contributed by atoms with Gasteiger partial charge in [-0.3, -0.25) is 0 Å². The number of ether oxygens (including phenoxy) is 3. The summed E-state index contributed by atoms with van der Waals surface area (Å²) < 4.78 is 17.5. The Labute approximate surface area is 90.4 Å². The predicted octanol–water partition coefficient (Wildman–Crippen LogP) is 1.67. The lowest BCUT2D eigenvalue weighted by atomic mass is 10.1. The van der Waals surface area contributed by atoms with Crippen LogP contribution >= 0.6 is 0 Å². The number of fused-ring (bicyclic) bond motifs is 2. The Morgan fingerprint density at radius 1 is 0.800 bits per heavy atom. The zero-order valence-electron chi connectivity index (χ0n) is 8.93. The van der Waals surface area contributed by atoms with Crippen LogP contribution in [0.4, 0.5) is 0 Å². The van der Waals surface area contributed by atoms with Crippen LogP contribution < -0.4 is 0 Å². The van der Waals surface area contributed by atoms with Crippen LogP contribution in [0.3, 0.4) is 0 Å². The normalized spacial score (nSPS) is 45.3. The van der Waals surface area contributed by atoms with Crippen LogP contribution in [0.15, 0.2) is 12.2 Å². The van der Waals surface area contributed by atoms with Crippen LogP contribution in [-0.2, 0) is 14.2 Å². The SMILES string of the molecule is C1=C[C@H]2OCCC[C@H]2O[C@H]2CCCO[C@H]12. The fourth-order valence-electron chi connectivity index (χ4n) is 2.64. The maximum atomic E-state index is 6.11. The van der Waals surface area contributed by atoms with Crippen LogP contribution in [0.25, 0.3) is 0 Å². The lowest BCUT2D eigenvalue weighted by Gasteiger charge is -2.34. The first-order valence-electron chi connectivity index (χ1n) is 6.00. The maximum absolute atomic E-state index is 6.11. The second kappa shape index (κ2) is 4.24. The largest absolute Gasteiger partial charge is 0.371 e. The number of hydrogen-bond donors (Lipinski definition) is 0. The molecule has 2 fully saturated rings. The summed E-state index contributed by atoms with van der Waals surface area (Å²) in [4.78, 5) is 0. The second-order valence-corrected chi connectivity index (χ2v) is 4.55. The molecule has 0 N–H and O–H groups in total. The van der Waals surface area contributed by atoms with Gasteiger partial charge in [0, 0.05) is 13.2 Å². The molecule has 3 nitrogen and oxygen atoms in total. The Kier molecular flexibility index (Phi) is 2.77. The van der Waals surface area contributed by atoms with Crippen molar-refractivity contribution in [1.82, 2.24) is 0 Å². The van der Waals surface area contributed by atoms with Crippen molar-refractivity contribution in [3.8, 4) is 0 Å². The van der Waals surface area contributed by atoms with Gasteiger partial charge in [0.2, 0.25) is 0 Å². The van der Waals surface area contributed by atoms with E-state index in [1.807, 2.05) is 0 Å². The average molecular weight is 210 g/mol. The van der Waals surface area contributed by atoms with Gasteiger partial charge in [-0.25, -0.2) is 0 Å². The van der Waals surface area contributed by atoms with E-state index < -0.39 is 0 Å². The summed E-state index contributed by atoms with van der Waals surface area (Å²) in [6, 6.07) is 0. The summed E-state index contributed by atoms with van der Waals surface area (Å²) in [6.07, 6.45) is 9.59. The molecular formula is C12H18O3. The zero-order chi connectivity index (χ0) is 10.1. The van der Waals surface area contributed by atoms with E-state index in [0.717, 1.165) is 38.9 Å². The van der Waals surface area contributed by atoms with E-state index in [9.17, 15) is 0 Å². The van der Waals surface area contributed by atoms with Gasteiger partial charge in [0.25, 0.3) is 0 Å². The van der Waals surface area contributed by atoms with Crippen molar-refractivity contribution in [1.29, 1.82) is 0 Å². The Morgan fingerprint density at radius 3 is 1.87 bits per heavy atom. The molecule has 0 saturated carbocycles. The number of rotatable bonds is 0. The molecule has 0 unspecified atom stereocenters. The summed E-state index contributed by atoms with van der Waals surface area (Å²) in [5.74, 6) is 0. The highest BCUT2D eigenvalue weighted by molar-refractivity contribution is 5.05. The summed E-state index contributed by atoms with van der Waals surface area (Å²) in [5, 5.41) is 0. The van der Waals surface area contributed by atoms with Gasteiger partial charge >= 0.3 is 0 Å². The van der Waals surface area contributed by atoms with Crippen molar-refractivity contribution in [2.45, 2.75) is 50.1 Å². The summed E-state index contributed by atoms with van der Waals surface area (Å²) in [6.45, 7) is 1.73. The molecular weight excluding hydrogens is 192 g/mol. The van der Waals surface area contributed by atoms with Gasteiger partial charge in [-0.05, 0) is 25.7 Å². The molecule has 3 aliphatic rings. The highest BCUT2D eigenvalue weighted by Crippen LogP contribution is 2.28. The Bertz CT molecular complexity index is 227.